The highest BCUT2D eigenvalue weighted by atomic mass is 16.3. The number of phenolic OH excluding ortho intramolecular Hbond substituents is 1. The molecule has 2 aromatic rings. The van der Waals surface area contributed by atoms with Crippen LogP contribution >= 0.6 is 0 Å². The van der Waals surface area contributed by atoms with E-state index >= 15 is 0 Å². The SMILES string of the molecule is CCC(NC1CCc2ccccc2C1)c1ccccc1O. The maximum atomic E-state index is 10.1. The average molecular weight is 281 g/mol. The minimum atomic E-state index is 0.224. The Labute approximate surface area is 126 Å². The molecule has 3 rings (SSSR count). The number of para-hydroxylation sites is 1. The molecule has 0 saturated carbocycles. The van der Waals surface area contributed by atoms with Crippen LogP contribution in [0.4, 0.5) is 0 Å². The van der Waals surface area contributed by atoms with Gasteiger partial charge in [-0.1, -0.05) is 49.4 Å². The van der Waals surface area contributed by atoms with Crippen molar-refractivity contribution in [2.75, 3.05) is 0 Å². The summed E-state index contributed by atoms with van der Waals surface area (Å²) in [7, 11) is 0. The van der Waals surface area contributed by atoms with Gasteiger partial charge in [0, 0.05) is 17.6 Å². The second-order valence-corrected chi connectivity index (χ2v) is 5.89. The number of hydrogen-bond acceptors (Lipinski definition) is 2. The molecule has 0 spiro atoms. The van der Waals surface area contributed by atoms with Crippen molar-refractivity contribution in [2.24, 2.45) is 0 Å². The second-order valence-electron chi connectivity index (χ2n) is 5.89. The first-order valence-electron chi connectivity index (χ1n) is 7.88. The van der Waals surface area contributed by atoms with Crippen molar-refractivity contribution < 1.29 is 5.11 Å². The van der Waals surface area contributed by atoms with Crippen LogP contribution in [0.5, 0.6) is 5.75 Å². The summed E-state index contributed by atoms with van der Waals surface area (Å²) in [5.74, 6) is 0.396. The third-order valence-corrected chi connectivity index (χ3v) is 4.50. The predicted molar refractivity (Wildman–Crippen MR) is 86.5 cm³/mol. The maximum absolute atomic E-state index is 10.1. The van der Waals surface area contributed by atoms with E-state index in [-0.39, 0.29) is 6.04 Å². The Hall–Kier alpha value is -1.80. The zero-order valence-corrected chi connectivity index (χ0v) is 12.5. The van der Waals surface area contributed by atoms with Gasteiger partial charge in [-0.3, -0.25) is 0 Å². The van der Waals surface area contributed by atoms with Crippen molar-refractivity contribution in [2.45, 2.75) is 44.7 Å². The summed E-state index contributed by atoms with van der Waals surface area (Å²) in [5, 5.41) is 13.8. The second kappa shape index (κ2) is 6.31. The van der Waals surface area contributed by atoms with Crippen LogP contribution in [0.2, 0.25) is 0 Å². The summed E-state index contributed by atoms with van der Waals surface area (Å²) in [4.78, 5) is 0. The van der Waals surface area contributed by atoms with Crippen LogP contribution < -0.4 is 5.32 Å². The number of aromatic hydroxyl groups is 1. The van der Waals surface area contributed by atoms with Gasteiger partial charge >= 0.3 is 0 Å². The number of aryl methyl sites for hydroxylation is 1. The Morgan fingerprint density at radius 1 is 1.10 bits per heavy atom. The van der Waals surface area contributed by atoms with E-state index in [0.29, 0.717) is 11.8 Å². The zero-order valence-electron chi connectivity index (χ0n) is 12.5. The van der Waals surface area contributed by atoms with Gasteiger partial charge in [-0.15, -0.1) is 0 Å². The molecule has 2 atom stereocenters. The molecule has 0 amide bonds. The molecule has 2 N–H and O–H groups in total. The summed E-state index contributed by atoms with van der Waals surface area (Å²) in [6.07, 6.45) is 4.38. The van der Waals surface area contributed by atoms with Gasteiger partial charge in [0.05, 0.1) is 0 Å². The van der Waals surface area contributed by atoms with Crippen LogP contribution in [-0.2, 0) is 12.8 Å². The van der Waals surface area contributed by atoms with Crippen LogP contribution in [0.25, 0.3) is 0 Å². The average Bonchev–Trinajstić information content (AvgIpc) is 2.53. The summed E-state index contributed by atoms with van der Waals surface area (Å²) >= 11 is 0. The van der Waals surface area contributed by atoms with Gasteiger partial charge < -0.3 is 10.4 Å². The first-order chi connectivity index (χ1) is 10.3. The van der Waals surface area contributed by atoms with Gasteiger partial charge in [-0.2, -0.15) is 0 Å². The van der Waals surface area contributed by atoms with Gasteiger partial charge in [0.15, 0.2) is 0 Å². The molecular formula is C19H23NO. The fraction of sp³-hybridized carbons (Fsp3) is 0.368. The van der Waals surface area contributed by atoms with Gasteiger partial charge in [0.2, 0.25) is 0 Å². The lowest BCUT2D eigenvalue weighted by Crippen LogP contribution is -2.37. The molecule has 21 heavy (non-hydrogen) atoms. The lowest BCUT2D eigenvalue weighted by molar-refractivity contribution is 0.378. The van der Waals surface area contributed by atoms with E-state index in [1.807, 2.05) is 18.2 Å². The number of benzene rings is 2. The largest absolute Gasteiger partial charge is 0.508 e. The van der Waals surface area contributed by atoms with E-state index in [2.05, 4.69) is 36.5 Å². The summed E-state index contributed by atoms with van der Waals surface area (Å²) in [6.45, 7) is 2.17. The van der Waals surface area contributed by atoms with Crippen molar-refractivity contribution in [1.82, 2.24) is 5.32 Å². The third-order valence-electron chi connectivity index (χ3n) is 4.50. The highest BCUT2D eigenvalue weighted by Gasteiger charge is 2.22. The van der Waals surface area contributed by atoms with E-state index in [0.717, 1.165) is 24.8 Å². The van der Waals surface area contributed by atoms with E-state index in [1.54, 1.807) is 6.07 Å². The van der Waals surface area contributed by atoms with Gasteiger partial charge in [-0.25, -0.2) is 0 Å². The Morgan fingerprint density at radius 2 is 1.81 bits per heavy atom. The molecule has 0 aromatic heterocycles. The van der Waals surface area contributed by atoms with Crippen LogP contribution in [0.1, 0.15) is 42.5 Å². The molecule has 1 aliphatic rings. The predicted octanol–water partition coefficient (Wildman–Crippen LogP) is 3.99. The Morgan fingerprint density at radius 3 is 2.57 bits per heavy atom. The van der Waals surface area contributed by atoms with Crippen LogP contribution in [0.3, 0.4) is 0 Å². The summed E-state index contributed by atoms with van der Waals surface area (Å²) < 4.78 is 0. The third kappa shape index (κ3) is 3.11. The molecule has 2 heteroatoms. The molecule has 0 aliphatic heterocycles. The number of hydrogen-bond donors (Lipinski definition) is 2. The van der Waals surface area contributed by atoms with Crippen molar-refractivity contribution in [3.63, 3.8) is 0 Å². The van der Waals surface area contributed by atoms with Crippen molar-refractivity contribution in [3.8, 4) is 5.75 Å². The molecule has 2 aromatic carbocycles. The molecule has 2 nitrogen and oxygen atoms in total. The maximum Gasteiger partial charge on any atom is 0.120 e. The van der Waals surface area contributed by atoms with Crippen molar-refractivity contribution in [1.29, 1.82) is 0 Å². The minimum absolute atomic E-state index is 0.224. The normalized spacial score (nSPS) is 19.0. The molecule has 0 saturated heterocycles. The lowest BCUT2D eigenvalue weighted by atomic mass is 9.87. The van der Waals surface area contributed by atoms with Gasteiger partial charge in [-0.05, 0) is 42.9 Å². The molecule has 0 fully saturated rings. The zero-order chi connectivity index (χ0) is 14.7. The fourth-order valence-corrected chi connectivity index (χ4v) is 3.33. The lowest BCUT2D eigenvalue weighted by Gasteiger charge is -2.30. The van der Waals surface area contributed by atoms with E-state index < -0.39 is 0 Å². The standard InChI is InChI=1S/C19H23NO/c1-2-18(17-9-5-6-10-19(17)21)20-16-12-11-14-7-3-4-8-15(14)13-16/h3-10,16,18,20-21H,2,11-13H2,1H3. The highest BCUT2D eigenvalue weighted by Crippen LogP contribution is 2.28. The van der Waals surface area contributed by atoms with Crippen LogP contribution in [-0.4, -0.2) is 11.1 Å². The Kier molecular flexibility index (Phi) is 4.26. The summed E-state index contributed by atoms with van der Waals surface area (Å²) in [6, 6.07) is 17.1. The summed E-state index contributed by atoms with van der Waals surface area (Å²) in [5.41, 5.74) is 3.97. The molecule has 110 valence electrons. The van der Waals surface area contributed by atoms with E-state index in [9.17, 15) is 5.11 Å². The Balaban J connectivity index is 1.73. The molecule has 0 heterocycles. The van der Waals surface area contributed by atoms with Gasteiger partial charge in [0.25, 0.3) is 0 Å². The number of rotatable bonds is 4. The van der Waals surface area contributed by atoms with Crippen LogP contribution in [0.15, 0.2) is 48.5 Å². The topological polar surface area (TPSA) is 32.3 Å². The molecule has 1 aliphatic carbocycles. The highest BCUT2D eigenvalue weighted by molar-refractivity contribution is 5.35. The first kappa shape index (κ1) is 14.2. The van der Waals surface area contributed by atoms with E-state index in [4.69, 9.17) is 0 Å². The first-order valence-corrected chi connectivity index (χ1v) is 7.88. The molecular weight excluding hydrogens is 258 g/mol. The van der Waals surface area contributed by atoms with Gasteiger partial charge in [0.1, 0.15) is 5.75 Å². The minimum Gasteiger partial charge on any atom is -0.508 e. The number of fused-ring (bicyclic) bond motifs is 1. The quantitative estimate of drug-likeness (QED) is 0.888. The molecule has 0 radical (unpaired) electrons. The van der Waals surface area contributed by atoms with E-state index in [1.165, 1.54) is 17.5 Å². The monoisotopic (exact) mass is 281 g/mol. The molecule has 0 bridgehead atoms. The smallest absolute Gasteiger partial charge is 0.120 e. The van der Waals surface area contributed by atoms with Crippen LogP contribution in [0, 0.1) is 0 Å². The Bertz CT molecular complexity index is 608. The van der Waals surface area contributed by atoms with Crippen molar-refractivity contribution in [3.05, 3.63) is 65.2 Å². The fourth-order valence-electron chi connectivity index (χ4n) is 3.33. The van der Waals surface area contributed by atoms with Crippen molar-refractivity contribution >= 4 is 0 Å². The number of phenols is 1. The molecule has 2 unspecified atom stereocenters. The number of nitrogens with one attached hydrogen (secondary N) is 1.